The first-order valence-electron chi connectivity index (χ1n) is 9.10. The Morgan fingerprint density at radius 3 is 2.52 bits per heavy atom. The fourth-order valence-corrected chi connectivity index (χ4v) is 4.94. The van der Waals surface area contributed by atoms with E-state index in [1.807, 2.05) is 18.2 Å². The Kier molecular flexibility index (Phi) is 6.52. The number of halogens is 1. The zero-order valence-corrected chi connectivity index (χ0v) is 16.6. The molecule has 0 bridgehead atoms. The van der Waals surface area contributed by atoms with Crippen molar-refractivity contribution in [3.63, 3.8) is 0 Å². The maximum absolute atomic E-state index is 12.8. The van der Waals surface area contributed by atoms with Crippen LogP contribution in [-0.2, 0) is 16.4 Å². The molecule has 1 amide bonds. The SMILES string of the molecule is O=C(NCCc1cccc(Cl)c1)c1cccc(S(=O)(=O)N2CCCCC2)c1. The Labute approximate surface area is 165 Å². The molecule has 0 spiro atoms. The van der Waals surface area contributed by atoms with Crippen molar-refractivity contribution >= 4 is 27.5 Å². The average Bonchev–Trinajstić information content (AvgIpc) is 2.69. The normalized spacial score (nSPS) is 15.4. The van der Waals surface area contributed by atoms with Crippen molar-refractivity contribution < 1.29 is 13.2 Å². The summed E-state index contributed by atoms with van der Waals surface area (Å²) in [6.45, 7) is 1.53. The molecule has 7 heteroatoms. The molecule has 144 valence electrons. The van der Waals surface area contributed by atoms with E-state index in [4.69, 9.17) is 11.6 Å². The largest absolute Gasteiger partial charge is 0.352 e. The summed E-state index contributed by atoms with van der Waals surface area (Å²) >= 11 is 5.96. The van der Waals surface area contributed by atoms with Crippen molar-refractivity contribution in [1.29, 1.82) is 0 Å². The highest BCUT2D eigenvalue weighted by molar-refractivity contribution is 7.89. The van der Waals surface area contributed by atoms with Crippen molar-refractivity contribution in [3.8, 4) is 0 Å². The lowest BCUT2D eigenvalue weighted by atomic mass is 10.1. The third kappa shape index (κ3) is 5.09. The van der Waals surface area contributed by atoms with E-state index in [-0.39, 0.29) is 10.8 Å². The molecule has 5 nitrogen and oxygen atoms in total. The maximum atomic E-state index is 12.8. The summed E-state index contributed by atoms with van der Waals surface area (Å²) in [7, 11) is -3.55. The van der Waals surface area contributed by atoms with Crippen LogP contribution in [0.4, 0.5) is 0 Å². The van der Waals surface area contributed by atoms with Crippen LogP contribution >= 0.6 is 11.6 Å². The predicted octanol–water partition coefficient (Wildman–Crippen LogP) is 3.49. The van der Waals surface area contributed by atoms with Gasteiger partial charge in [0.2, 0.25) is 10.0 Å². The highest BCUT2D eigenvalue weighted by Crippen LogP contribution is 2.21. The number of sulfonamides is 1. The number of piperidine rings is 1. The van der Waals surface area contributed by atoms with Gasteiger partial charge in [-0.2, -0.15) is 4.31 Å². The topological polar surface area (TPSA) is 66.5 Å². The van der Waals surface area contributed by atoms with Gasteiger partial charge in [-0.15, -0.1) is 0 Å². The molecule has 1 heterocycles. The fraction of sp³-hybridized carbons (Fsp3) is 0.350. The monoisotopic (exact) mass is 406 g/mol. The summed E-state index contributed by atoms with van der Waals surface area (Å²) in [5.74, 6) is -0.285. The first kappa shape index (κ1) is 19.9. The molecule has 0 radical (unpaired) electrons. The lowest BCUT2D eigenvalue weighted by Crippen LogP contribution is -2.35. The second-order valence-electron chi connectivity index (χ2n) is 6.63. The number of carbonyl (C=O) groups is 1. The first-order valence-corrected chi connectivity index (χ1v) is 10.9. The molecule has 1 aliphatic heterocycles. The predicted molar refractivity (Wildman–Crippen MR) is 107 cm³/mol. The molecule has 0 unspecified atom stereocenters. The quantitative estimate of drug-likeness (QED) is 0.798. The van der Waals surface area contributed by atoms with E-state index in [9.17, 15) is 13.2 Å². The minimum Gasteiger partial charge on any atom is -0.352 e. The van der Waals surface area contributed by atoms with Crippen molar-refractivity contribution in [2.24, 2.45) is 0 Å². The van der Waals surface area contributed by atoms with Crippen LogP contribution in [0.2, 0.25) is 5.02 Å². The average molecular weight is 407 g/mol. The molecule has 2 aromatic rings. The molecule has 3 rings (SSSR count). The number of amides is 1. The minimum atomic E-state index is -3.55. The van der Waals surface area contributed by atoms with E-state index < -0.39 is 10.0 Å². The zero-order chi connectivity index (χ0) is 19.3. The van der Waals surface area contributed by atoms with Gasteiger partial charge in [-0.1, -0.05) is 36.2 Å². The van der Waals surface area contributed by atoms with Gasteiger partial charge in [0.15, 0.2) is 0 Å². The van der Waals surface area contributed by atoms with Gasteiger partial charge in [0.1, 0.15) is 0 Å². The number of rotatable bonds is 6. The summed E-state index contributed by atoms with van der Waals surface area (Å²) in [5.41, 5.74) is 1.38. The summed E-state index contributed by atoms with van der Waals surface area (Å²) in [4.78, 5) is 12.6. The van der Waals surface area contributed by atoms with Crippen LogP contribution in [0.1, 0.15) is 35.2 Å². The van der Waals surface area contributed by atoms with E-state index in [0.717, 1.165) is 24.8 Å². The van der Waals surface area contributed by atoms with Crippen LogP contribution in [-0.4, -0.2) is 38.3 Å². The Morgan fingerprint density at radius 1 is 1.04 bits per heavy atom. The van der Waals surface area contributed by atoms with E-state index in [1.165, 1.54) is 10.4 Å². The van der Waals surface area contributed by atoms with Crippen LogP contribution in [0.25, 0.3) is 0 Å². The van der Waals surface area contributed by atoms with Gasteiger partial charge >= 0.3 is 0 Å². The lowest BCUT2D eigenvalue weighted by Gasteiger charge is -2.26. The van der Waals surface area contributed by atoms with Crippen LogP contribution < -0.4 is 5.32 Å². The second-order valence-corrected chi connectivity index (χ2v) is 9.00. The van der Waals surface area contributed by atoms with Crippen molar-refractivity contribution in [2.45, 2.75) is 30.6 Å². The van der Waals surface area contributed by atoms with Gasteiger partial charge in [0.25, 0.3) is 5.91 Å². The molecule has 1 fully saturated rings. The van der Waals surface area contributed by atoms with Gasteiger partial charge in [-0.3, -0.25) is 4.79 Å². The molecule has 2 aromatic carbocycles. The second kappa shape index (κ2) is 8.87. The molecule has 0 saturated carbocycles. The van der Waals surface area contributed by atoms with Gasteiger partial charge in [-0.25, -0.2) is 8.42 Å². The number of benzene rings is 2. The molecule has 1 aliphatic rings. The number of hydrogen-bond donors (Lipinski definition) is 1. The summed E-state index contributed by atoms with van der Waals surface area (Å²) in [6, 6.07) is 13.7. The smallest absolute Gasteiger partial charge is 0.251 e. The Morgan fingerprint density at radius 2 is 1.78 bits per heavy atom. The summed E-state index contributed by atoms with van der Waals surface area (Å²) in [5, 5.41) is 3.50. The van der Waals surface area contributed by atoms with Gasteiger partial charge in [0.05, 0.1) is 4.90 Å². The van der Waals surface area contributed by atoms with Gasteiger partial charge < -0.3 is 5.32 Å². The van der Waals surface area contributed by atoms with E-state index in [0.29, 0.717) is 36.6 Å². The highest BCUT2D eigenvalue weighted by atomic mass is 35.5. The van der Waals surface area contributed by atoms with E-state index in [2.05, 4.69) is 5.32 Å². The summed E-state index contributed by atoms with van der Waals surface area (Å²) < 4.78 is 27.1. The Hall–Kier alpha value is -1.89. The number of hydrogen-bond acceptors (Lipinski definition) is 3. The molecular formula is C20H23ClN2O3S. The van der Waals surface area contributed by atoms with Crippen molar-refractivity contribution in [1.82, 2.24) is 9.62 Å². The van der Waals surface area contributed by atoms with Crippen molar-refractivity contribution in [3.05, 3.63) is 64.7 Å². The van der Waals surface area contributed by atoms with E-state index in [1.54, 1.807) is 24.3 Å². The summed E-state index contributed by atoms with van der Waals surface area (Å²) in [6.07, 6.45) is 3.46. The number of nitrogens with one attached hydrogen (secondary N) is 1. The van der Waals surface area contributed by atoms with Crippen LogP contribution in [0.3, 0.4) is 0 Å². The standard InChI is InChI=1S/C20H23ClN2O3S/c21-18-8-4-6-16(14-18)10-11-22-20(24)17-7-5-9-19(15-17)27(25,26)23-12-2-1-3-13-23/h4-9,14-15H,1-3,10-13H2,(H,22,24). The molecule has 1 N–H and O–H groups in total. The van der Waals surface area contributed by atoms with Crippen LogP contribution in [0, 0.1) is 0 Å². The lowest BCUT2D eigenvalue weighted by molar-refractivity contribution is 0.0954. The molecule has 0 atom stereocenters. The van der Waals surface area contributed by atoms with Gasteiger partial charge in [0, 0.05) is 30.2 Å². The Bertz CT molecular complexity index is 909. The highest BCUT2D eigenvalue weighted by Gasteiger charge is 2.26. The molecule has 1 saturated heterocycles. The number of carbonyl (C=O) groups excluding carboxylic acids is 1. The van der Waals surface area contributed by atoms with Crippen LogP contribution in [0.15, 0.2) is 53.4 Å². The van der Waals surface area contributed by atoms with Gasteiger partial charge in [-0.05, 0) is 55.2 Å². The minimum absolute atomic E-state index is 0.173. The number of nitrogens with zero attached hydrogens (tertiary/aromatic N) is 1. The van der Waals surface area contributed by atoms with Crippen LogP contribution in [0.5, 0.6) is 0 Å². The molecular weight excluding hydrogens is 384 g/mol. The zero-order valence-electron chi connectivity index (χ0n) is 15.0. The first-order chi connectivity index (χ1) is 13.0. The molecule has 0 aromatic heterocycles. The molecule has 27 heavy (non-hydrogen) atoms. The third-order valence-corrected chi connectivity index (χ3v) is 6.77. The maximum Gasteiger partial charge on any atom is 0.251 e. The third-order valence-electron chi connectivity index (χ3n) is 4.64. The van der Waals surface area contributed by atoms with Crippen molar-refractivity contribution in [2.75, 3.05) is 19.6 Å². The fourth-order valence-electron chi connectivity index (χ4n) is 3.17. The molecule has 0 aliphatic carbocycles. The Balaban J connectivity index is 1.64. The van der Waals surface area contributed by atoms with E-state index >= 15 is 0 Å².